The van der Waals surface area contributed by atoms with E-state index in [1.54, 1.807) is 0 Å². The number of aromatic nitrogens is 2. The number of amides is 1. The van der Waals surface area contributed by atoms with E-state index in [2.05, 4.69) is 32.2 Å². The Bertz CT molecular complexity index is 1120. The third kappa shape index (κ3) is 3.29. The predicted octanol–water partition coefficient (Wildman–Crippen LogP) is 5.71. The lowest BCUT2D eigenvalue weighted by atomic mass is 10.0. The molecule has 1 aromatic heterocycles. The second-order valence-corrected chi connectivity index (χ2v) is 7.82. The van der Waals surface area contributed by atoms with Crippen molar-refractivity contribution >= 4 is 22.5 Å². The molecule has 4 nitrogen and oxygen atoms in total. The summed E-state index contributed by atoms with van der Waals surface area (Å²) in [4.78, 5) is 12.8. The average Bonchev–Trinajstić information content (AvgIpc) is 3.10. The van der Waals surface area contributed by atoms with E-state index in [4.69, 9.17) is 5.10 Å². The minimum absolute atomic E-state index is 0.129. The second-order valence-electron chi connectivity index (χ2n) is 7.82. The molecule has 0 saturated heterocycles. The molecule has 140 valence electrons. The summed E-state index contributed by atoms with van der Waals surface area (Å²) in [6, 6.07) is 25.3. The Kier molecular flexibility index (Phi) is 4.47. The Morgan fingerprint density at radius 1 is 0.857 bits per heavy atom. The first-order valence-corrected chi connectivity index (χ1v) is 9.39. The van der Waals surface area contributed by atoms with Crippen molar-refractivity contribution in [3.63, 3.8) is 0 Å². The average molecular weight is 369 g/mol. The number of carbonyl (C=O) groups is 1. The van der Waals surface area contributed by atoms with Gasteiger partial charge in [-0.25, -0.2) is 0 Å². The summed E-state index contributed by atoms with van der Waals surface area (Å²) in [5.41, 5.74) is 4.10. The number of anilines is 1. The molecule has 0 aliphatic heterocycles. The molecule has 4 heteroatoms. The zero-order valence-corrected chi connectivity index (χ0v) is 16.3. The smallest absolute Gasteiger partial charge is 0.255 e. The molecule has 1 heterocycles. The van der Waals surface area contributed by atoms with Crippen LogP contribution in [0.3, 0.4) is 0 Å². The summed E-state index contributed by atoms with van der Waals surface area (Å²) in [7, 11) is 0. The first kappa shape index (κ1) is 18.0. The van der Waals surface area contributed by atoms with E-state index < -0.39 is 0 Å². The van der Waals surface area contributed by atoms with Crippen LogP contribution in [0, 0.1) is 0 Å². The quantitative estimate of drug-likeness (QED) is 0.503. The maximum absolute atomic E-state index is 12.8. The summed E-state index contributed by atoms with van der Waals surface area (Å²) < 4.78 is 2.03. The molecular formula is C24H23N3O. The van der Waals surface area contributed by atoms with Gasteiger partial charge in [0, 0.05) is 11.1 Å². The van der Waals surface area contributed by atoms with Crippen molar-refractivity contribution in [2.24, 2.45) is 0 Å². The van der Waals surface area contributed by atoms with Gasteiger partial charge in [0.25, 0.3) is 5.91 Å². The van der Waals surface area contributed by atoms with E-state index >= 15 is 0 Å². The van der Waals surface area contributed by atoms with Crippen LogP contribution in [-0.2, 0) is 5.54 Å². The molecule has 0 bridgehead atoms. The Morgan fingerprint density at radius 2 is 1.50 bits per heavy atom. The summed E-state index contributed by atoms with van der Waals surface area (Å²) in [5.74, 6) is -0.129. The minimum Gasteiger partial charge on any atom is -0.321 e. The molecule has 1 N–H and O–H groups in total. The standard InChI is InChI=1S/C24H23N3O/c1-24(2,3)27-20-16-10-15-19(25-23(28)18-13-8-5-9-14-18)21(20)22(26-27)17-11-6-4-7-12-17/h4-16H,1-3H3,(H,25,28). The van der Waals surface area contributed by atoms with E-state index in [0.29, 0.717) is 5.56 Å². The van der Waals surface area contributed by atoms with Gasteiger partial charge in [0.2, 0.25) is 0 Å². The van der Waals surface area contributed by atoms with Crippen LogP contribution in [0.15, 0.2) is 78.9 Å². The van der Waals surface area contributed by atoms with Gasteiger partial charge in [0.15, 0.2) is 0 Å². The molecule has 3 aromatic carbocycles. The van der Waals surface area contributed by atoms with Crippen LogP contribution in [-0.4, -0.2) is 15.7 Å². The van der Waals surface area contributed by atoms with Gasteiger partial charge >= 0.3 is 0 Å². The summed E-state index contributed by atoms with van der Waals surface area (Å²) in [5, 5.41) is 8.97. The highest BCUT2D eigenvalue weighted by Gasteiger charge is 2.23. The third-order valence-electron chi connectivity index (χ3n) is 4.67. The Hall–Kier alpha value is -3.40. The fourth-order valence-electron chi connectivity index (χ4n) is 3.37. The van der Waals surface area contributed by atoms with Crippen LogP contribution >= 0.6 is 0 Å². The molecule has 0 radical (unpaired) electrons. The summed E-state index contributed by atoms with van der Waals surface area (Å²) in [6.45, 7) is 6.39. The lowest BCUT2D eigenvalue weighted by Gasteiger charge is -2.20. The van der Waals surface area contributed by atoms with Gasteiger partial charge in [-0.05, 0) is 45.0 Å². The van der Waals surface area contributed by atoms with Crippen molar-refractivity contribution in [2.75, 3.05) is 5.32 Å². The first-order valence-electron chi connectivity index (χ1n) is 9.39. The molecule has 0 fully saturated rings. The molecule has 28 heavy (non-hydrogen) atoms. The van der Waals surface area contributed by atoms with E-state index in [1.165, 1.54) is 0 Å². The molecule has 0 spiro atoms. The number of hydrogen-bond donors (Lipinski definition) is 1. The highest BCUT2D eigenvalue weighted by molar-refractivity contribution is 6.11. The fraction of sp³-hybridized carbons (Fsp3) is 0.167. The van der Waals surface area contributed by atoms with Gasteiger partial charge in [-0.1, -0.05) is 54.6 Å². The number of benzene rings is 3. The van der Waals surface area contributed by atoms with Crippen molar-refractivity contribution in [3.05, 3.63) is 84.4 Å². The summed E-state index contributed by atoms with van der Waals surface area (Å²) >= 11 is 0. The zero-order valence-electron chi connectivity index (χ0n) is 16.3. The fourth-order valence-corrected chi connectivity index (χ4v) is 3.37. The van der Waals surface area contributed by atoms with Crippen molar-refractivity contribution in [2.45, 2.75) is 26.3 Å². The van der Waals surface area contributed by atoms with Gasteiger partial charge in [-0.3, -0.25) is 9.48 Å². The van der Waals surface area contributed by atoms with Crippen LogP contribution in [0.25, 0.3) is 22.2 Å². The Morgan fingerprint density at radius 3 is 2.14 bits per heavy atom. The normalized spacial score (nSPS) is 11.5. The van der Waals surface area contributed by atoms with Gasteiger partial charge in [-0.15, -0.1) is 0 Å². The van der Waals surface area contributed by atoms with Crippen LogP contribution in [0.1, 0.15) is 31.1 Å². The van der Waals surface area contributed by atoms with E-state index in [0.717, 1.165) is 27.8 Å². The van der Waals surface area contributed by atoms with Gasteiger partial charge in [0.05, 0.1) is 22.1 Å². The molecule has 0 aliphatic carbocycles. The number of fused-ring (bicyclic) bond motifs is 1. The number of nitrogens with one attached hydrogen (secondary N) is 1. The SMILES string of the molecule is CC(C)(C)n1nc(-c2ccccc2)c2c(NC(=O)c3ccccc3)cccc21. The number of carbonyl (C=O) groups excluding carboxylic acids is 1. The lowest BCUT2D eigenvalue weighted by molar-refractivity contribution is 0.102. The molecule has 0 unspecified atom stereocenters. The molecule has 4 rings (SSSR count). The lowest BCUT2D eigenvalue weighted by Crippen LogP contribution is -2.23. The molecule has 1 amide bonds. The van der Waals surface area contributed by atoms with E-state index in [9.17, 15) is 4.79 Å². The molecular weight excluding hydrogens is 346 g/mol. The van der Waals surface area contributed by atoms with Crippen molar-refractivity contribution < 1.29 is 4.79 Å². The highest BCUT2D eigenvalue weighted by Crippen LogP contribution is 2.36. The van der Waals surface area contributed by atoms with E-state index in [1.807, 2.05) is 77.5 Å². The Labute approximate surface area is 164 Å². The third-order valence-corrected chi connectivity index (χ3v) is 4.67. The first-order chi connectivity index (χ1) is 13.4. The molecule has 0 aliphatic rings. The zero-order chi connectivity index (χ0) is 19.7. The maximum atomic E-state index is 12.8. The van der Waals surface area contributed by atoms with Crippen molar-refractivity contribution in [3.8, 4) is 11.3 Å². The molecule has 4 aromatic rings. The highest BCUT2D eigenvalue weighted by atomic mass is 16.1. The molecule has 0 atom stereocenters. The number of nitrogens with zero attached hydrogens (tertiary/aromatic N) is 2. The van der Waals surface area contributed by atoms with Crippen LogP contribution in [0.5, 0.6) is 0 Å². The topological polar surface area (TPSA) is 46.9 Å². The minimum atomic E-state index is -0.187. The van der Waals surface area contributed by atoms with Crippen LogP contribution in [0.4, 0.5) is 5.69 Å². The monoisotopic (exact) mass is 369 g/mol. The maximum Gasteiger partial charge on any atom is 0.255 e. The van der Waals surface area contributed by atoms with Crippen LogP contribution in [0.2, 0.25) is 0 Å². The molecule has 0 saturated carbocycles. The van der Waals surface area contributed by atoms with Gasteiger partial charge in [0.1, 0.15) is 5.69 Å². The van der Waals surface area contributed by atoms with Gasteiger partial charge in [-0.2, -0.15) is 5.10 Å². The number of hydrogen-bond acceptors (Lipinski definition) is 2. The largest absolute Gasteiger partial charge is 0.321 e. The Balaban J connectivity index is 1.90. The van der Waals surface area contributed by atoms with Gasteiger partial charge < -0.3 is 5.32 Å². The second kappa shape index (κ2) is 6.97. The number of rotatable bonds is 3. The van der Waals surface area contributed by atoms with Crippen LogP contribution < -0.4 is 5.32 Å². The van der Waals surface area contributed by atoms with Crippen molar-refractivity contribution in [1.82, 2.24) is 9.78 Å². The van der Waals surface area contributed by atoms with E-state index in [-0.39, 0.29) is 11.4 Å². The predicted molar refractivity (Wildman–Crippen MR) is 115 cm³/mol. The van der Waals surface area contributed by atoms with Crippen molar-refractivity contribution in [1.29, 1.82) is 0 Å². The summed E-state index contributed by atoms with van der Waals surface area (Å²) in [6.07, 6.45) is 0.